The molecule has 0 spiro atoms. The molecular weight excluding hydrogens is 210 g/mol. The molecule has 1 saturated heterocycles. The lowest BCUT2D eigenvalue weighted by molar-refractivity contribution is -0.0593. The molecule has 3 atom stereocenters. The third-order valence-corrected chi connectivity index (χ3v) is 2.30. The van der Waals surface area contributed by atoms with Gasteiger partial charge in [-0.1, -0.05) is 0 Å². The molecule has 0 aromatic rings. The first-order chi connectivity index (χ1) is 7.28. The van der Waals surface area contributed by atoms with E-state index in [1.807, 2.05) is 6.92 Å². The zero-order valence-corrected chi connectivity index (χ0v) is 10.3. The SMILES string of the molecule is C[C@@H]1C[C@@H](O)[C@@H](NC(=O)OC(C)(C)C)CO1. The zero-order chi connectivity index (χ0) is 12.3. The van der Waals surface area contributed by atoms with Gasteiger partial charge in [0.15, 0.2) is 0 Å². The maximum atomic E-state index is 11.5. The summed E-state index contributed by atoms with van der Waals surface area (Å²) in [6.07, 6.45) is -0.529. The van der Waals surface area contributed by atoms with Crippen LogP contribution >= 0.6 is 0 Å². The summed E-state index contributed by atoms with van der Waals surface area (Å²) in [6, 6.07) is -0.383. The third-order valence-electron chi connectivity index (χ3n) is 2.30. The normalized spacial score (nSPS) is 30.9. The van der Waals surface area contributed by atoms with Gasteiger partial charge in [0.1, 0.15) is 5.60 Å². The highest BCUT2D eigenvalue weighted by Gasteiger charge is 2.30. The Morgan fingerprint density at radius 1 is 1.50 bits per heavy atom. The molecule has 1 rings (SSSR count). The maximum Gasteiger partial charge on any atom is 0.408 e. The fourth-order valence-corrected chi connectivity index (χ4v) is 1.55. The summed E-state index contributed by atoms with van der Waals surface area (Å²) >= 11 is 0. The van der Waals surface area contributed by atoms with Crippen LogP contribution in [-0.2, 0) is 9.47 Å². The van der Waals surface area contributed by atoms with Crippen molar-refractivity contribution in [1.82, 2.24) is 5.32 Å². The number of hydrogen-bond acceptors (Lipinski definition) is 4. The van der Waals surface area contributed by atoms with Crippen molar-refractivity contribution in [1.29, 1.82) is 0 Å². The van der Waals surface area contributed by atoms with E-state index in [1.165, 1.54) is 0 Å². The molecule has 0 saturated carbocycles. The molecule has 1 aliphatic rings. The average molecular weight is 231 g/mol. The van der Waals surface area contributed by atoms with Gasteiger partial charge in [-0.25, -0.2) is 4.79 Å². The lowest BCUT2D eigenvalue weighted by atomic mass is 10.0. The molecule has 5 nitrogen and oxygen atoms in total. The van der Waals surface area contributed by atoms with Crippen molar-refractivity contribution in [2.45, 2.75) is 58.0 Å². The highest BCUT2D eigenvalue weighted by atomic mass is 16.6. The monoisotopic (exact) mass is 231 g/mol. The molecule has 0 radical (unpaired) electrons. The Balaban J connectivity index is 2.39. The van der Waals surface area contributed by atoms with Crippen LogP contribution in [0, 0.1) is 0 Å². The molecule has 94 valence electrons. The quantitative estimate of drug-likeness (QED) is 0.708. The summed E-state index contributed by atoms with van der Waals surface area (Å²) < 4.78 is 10.5. The van der Waals surface area contributed by atoms with E-state index >= 15 is 0 Å². The van der Waals surface area contributed by atoms with Gasteiger partial charge in [0, 0.05) is 6.42 Å². The first kappa shape index (κ1) is 13.3. The van der Waals surface area contributed by atoms with Crippen molar-refractivity contribution in [3.8, 4) is 0 Å². The summed E-state index contributed by atoms with van der Waals surface area (Å²) in [5, 5.41) is 12.3. The van der Waals surface area contributed by atoms with Crippen molar-refractivity contribution in [3.63, 3.8) is 0 Å². The van der Waals surface area contributed by atoms with Crippen LogP contribution in [0.1, 0.15) is 34.1 Å². The van der Waals surface area contributed by atoms with E-state index in [1.54, 1.807) is 20.8 Å². The molecule has 0 bridgehead atoms. The number of rotatable bonds is 1. The Morgan fingerprint density at radius 2 is 2.12 bits per heavy atom. The predicted octanol–water partition coefficient (Wildman–Crippen LogP) is 1.05. The van der Waals surface area contributed by atoms with Gasteiger partial charge in [-0.3, -0.25) is 0 Å². The van der Waals surface area contributed by atoms with E-state index in [9.17, 15) is 9.90 Å². The van der Waals surface area contributed by atoms with Gasteiger partial charge in [0.2, 0.25) is 0 Å². The number of nitrogens with one attached hydrogen (secondary N) is 1. The summed E-state index contributed by atoms with van der Waals surface area (Å²) in [6.45, 7) is 7.60. The van der Waals surface area contributed by atoms with Gasteiger partial charge in [0.25, 0.3) is 0 Å². The Kier molecular flexibility index (Phi) is 4.15. The number of carbonyl (C=O) groups is 1. The molecule has 1 heterocycles. The molecule has 0 unspecified atom stereocenters. The van der Waals surface area contributed by atoms with Gasteiger partial charge >= 0.3 is 6.09 Å². The zero-order valence-electron chi connectivity index (χ0n) is 10.3. The van der Waals surface area contributed by atoms with Gasteiger partial charge in [-0.05, 0) is 27.7 Å². The van der Waals surface area contributed by atoms with Crippen LogP contribution in [0.3, 0.4) is 0 Å². The minimum atomic E-state index is -0.573. The summed E-state index contributed by atoms with van der Waals surface area (Å²) in [7, 11) is 0. The molecule has 2 N–H and O–H groups in total. The molecule has 0 aromatic heterocycles. The Morgan fingerprint density at radius 3 is 2.62 bits per heavy atom. The second-order valence-electron chi connectivity index (χ2n) is 5.20. The number of alkyl carbamates (subject to hydrolysis) is 1. The standard InChI is InChI=1S/C11H21NO4/c1-7-5-9(13)8(6-15-7)12-10(14)16-11(2,3)4/h7-9,13H,5-6H2,1-4H3,(H,12,14)/t7-,8+,9-/m1/s1. The van der Waals surface area contributed by atoms with E-state index in [4.69, 9.17) is 9.47 Å². The van der Waals surface area contributed by atoms with Crippen LogP contribution in [-0.4, -0.2) is 41.7 Å². The highest BCUT2D eigenvalue weighted by Crippen LogP contribution is 2.14. The number of hydrogen-bond donors (Lipinski definition) is 2. The molecule has 1 amide bonds. The Bertz CT molecular complexity index is 249. The fourth-order valence-electron chi connectivity index (χ4n) is 1.55. The maximum absolute atomic E-state index is 11.5. The second-order valence-corrected chi connectivity index (χ2v) is 5.20. The Hall–Kier alpha value is -0.810. The van der Waals surface area contributed by atoms with Crippen molar-refractivity contribution in [2.24, 2.45) is 0 Å². The average Bonchev–Trinajstić information content (AvgIpc) is 2.06. The van der Waals surface area contributed by atoms with Crippen molar-refractivity contribution in [2.75, 3.05) is 6.61 Å². The first-order valence-corrected chi connectivity index (χ1v) is 5.57. The largest absolute Gasteiger partial charge is 0.444 e. The van der Waals surface area contributed by atoms with E-state index in [0.717, 1.165) is 0 Å². The minimum absolute atomic E-state index is 0.0340. The van der Waals surface area contributed by atoms with E-state index < -0.39 is 17.8 Å². The lowest BCUT2D eigenvalue weighted by Crippen LogP contribution is -2.52. The van der Waals surface area contributed by atoms with Crippen LogP contribution in [0.5, 0.6) is 0 Å². The van der Waals surface area contributed by atoms with Gasteiger partial charge in [-0.2, -0.15) is 0 Å². The smallest absolute Gasteiger partial charge is 0.408 e. The van der Waals surface area contributed by atoms with E-state index in [2.05, 4.69) is 5.32 Å². The van der Waals surface area contributed by atoms with Crippen molar-refractivity contribution in [3.05, 3.63) is 0 Å². The number of aliphatic hydroxyl groups is 1. The number of carbonyl (C=O) groups excluding carboxylic acids is 1. The molecular formula is C11H21NO4. The molecule has 16 heavy (non-hydrogen) atoms. The minimum Gasteiger partial charge on any atom is -0.444 e. The molecule has 0 aromatic carbocycles. The second kappa shape index (κ2) is 5.01. The number of amides is 1. The number of ether oxygens (including phenoxy) is 2. The summed E-state index contributed by atoms with van der Waals surface area (Å²) in [5.41, 5.74) is -0.530. The molecule has 0 aliphatic carbocycles. The summed E-state index contributed by atoms with van der Waals surface area (Å²) in [5.74, 6) is 0. The predicted molar refractivity (Wildman–Crippen MR) is 59.2 cm³/mol. The summed E-state index contributed by atoms with van der Waals surface area (Å²) in [4.78, 5) is 11.5. The molecule has 5 heteroatoms. The fraction of sp³-hybridized carbons (Fsp3) is 0.909. The van der Waals surface area contributed by atoms with E-state index in [-0.39, 0.29) is 12.1 Å². The van der Waals surface area contributed by atoms with Gasteiger partial charge in [-0.15, -0.1) is 0 Å². The van der Waals surface area contributed by atoms with Crippen LogP contribution in [0.15, 0.2) is 0 Å². The van der Waals surface area contributed by atoms with Crippen molar-refractivity contribution < 1.29 is 19.4 Å². The van der Waals surface area contributed by atoms with Gasteiger partial charge < -0.3 is 19.9 Å². The van der Waals surface area contributed by atoms with Crippen LogP contribution in [0.25, 0.3) is 0 Å². The number of aliphatic hydroxyl groups excluding tert-OH is 1. The molecule has 1 aliphatic heterocycles. The molecule has 1 fully saturated rings. The van der Waals surface area contributed by atoms with Crippen molar-refractivity contribution >= 4 is 6.09 Å². The van der Waals surface area contributed by atoms with Crippen LogP contribution in [0.4, 0.5) is 4.79 Å². The van der Waals surface area contributed by atoms with Crippen LogP contribution < -0.4 is 5.32 Å². The Labute approximate surface area is 96.1 Å². The first-order valence-electron chi connectivity index (χ1n) is 5.57. The van der Waals surface area contributed by atoms with Crippen LogP contribution in [0.2, 0.25) is 0 Å². The van der Waals surface area contributed by atoms with Gasteiger partial charge in [0.05, 0.1) is 24.9 Å². The lowest BCUT2D eigenvalue weighted by Gasteiger charge is -2.32. The topological polar surface area (TPSA) is 67.8 Å². The highest BCUT2D eigenvalue weighted by molar-refractivity contribution is 5.68. The third kappa shape index (κ3) is 4.37. The van der Waals surface area contributed by atoms with E-state index in [0.29, 0.717) is 13.0 Å².